The highest BCUT2D eigenvalue weighted by Gasteiger charge is 2.38. The first-order valence-corrected chi connectivity index (χ1v) is 10.1. The molecule has 0 saturated carbocycles. The van der Waals surface area contributed by atoms with Gasteiger partial charge in [-0.3, -0.25) is 14.5 Å². The third kappa shape index (κ3) is 4.90. The lowest BCUT2D eigenvalue weighted by Gasteiger charge is -2.27. The maximum absolute atomic E-state index is 12.6. The van der Waals surface area contributed by atoms with Crippen molar-refractivity contribution in [3.05, 3.63) is 35.9 Å². The minimum Gasteiger partial charge on any atom is -0.480 e. The molecule has 0 aliphatic carbocycles. The normalized spacial score (nSPS) is 23.8. The number of nitrogens with zero attached hydrogens (tertiary/aromatic N) is 2. The number of carbonyl (C=O) groups is 3. The van der Waals surface area contributed by atoms with Crippen LogP contribution in [-0.2, 0) is 20.8 Å². The second-order valence-corrected chi connectivity index (χ2v) is 7.71. The fourth-order valence-corrected chi connectivity index (χ4v) is 4.24. The Morgan fingerprint density at radius 3 is 2.71 bits per heavy atom. The summed E-state index contributed by atoms with van der Waals surface area (Å²) in [4.78, 5) is 40.8. The van der Waals surface area contributed by atoms with E-state index in [1.807, 2.05) is 30.3 Å². The molecule has 3 atom stereocenters. The van der Waals surface area contributed by atoms with Crippen LogP contribution in [0.3, 0.4) is 0 Å². The molecule has 2 amide bonds. The molecule has 0 bridgehead atoms. The fraction of sp³-hybridized carbons (Fsp3) is 0.571. The van der Waals surface area contributed by atoms with Crippen LogP contribution in [-0.4, -0.2) is 71.0 Å². The second-order valence-electron chi connectivity index (χ2n) is 7.71. The molecule has 1 aromatic rings. The monoisotopic (exact) mass is 387 g/mol. The zero-order valence-corrected chi connectivity index (χ0v) is 16.3. The van der Waals surface area contributed by atoms with Crippen molar-refractivity contribution in [3.63, 3.8) is 0 Å². The number of likely N-dealkylation sites (N-methyl/N-ethyl adjacent to an activating group) is 1. The van der Waals surface area contributed by atoms with Gasteiger partial charge in [0.05, 0.1) is 5.92 Å². The van der Waals surface area contributed by atoms with Crippen LogP contribution in [0.1, 0.15) is 31.7 Å². The molecule has 2 heterocycles. The van der Waals surface area contributed by atoms with Crippen LogP contribution in [0.5, 0.6) is 0 Å². The number of hydrogen-bond donors (Lipinski definition) is 2. The lowest BCUT2D eigenvalue weighted by Crippen LogP contribution is -2.46. The lowest BCUT2D eigenvalue weighted by molar-refractivity contribution is -0.142. The standard InChI is InChI=1S/C21H29N3O4/c1-2-23-10-6-9-17(23)14-24-13-16(12-19(24)25)20(26)22-18(21(27)28)11-15-7-4-3-5-8-15/h3-5,7-8,16-18H,2,6,9-14H2,1H3,(H,22,26)(H,27,28)/t16?,17?,18-/m1/s1. The smallest absolute Gasteiger partial charge is 0.326 e. The highest BCUT2D eigenvalue weighted by molar-refractivity contribution is 5.91. The first-order chi connectivity index (χ1) is 13.5. The van der Waals surface area contributed by atoms with Gasteiger partial charge in [-0.25, -0.2) is 4.79 Å². The molecule has 7 heteroatoms. The third-order valence-electron chi connectivity index (χ3n) is 5.82. The van der Waals surface area contributed by atoms with Gasteiger partial charge in [0, 0.05) is 32.0 Å². The van der Waals surface area contributed by atoms with Crippen LogP contribution in [0.4, 0.5) is 0 Å². The molecular formula is C21H29N3O4. The Morgan fingerprint density at radius 1 is 1.29 bits per heavy atom. The molecule has 28 heavy (non-hydrogen) atoms. The number of benzene rings is 1. The number of rotatable bonds is 8. The minimum atomic E-state index is -1.07. The van der Waals surface area contributed by atoms with Gasteiger partial charge in [-0.2, -0.15) is 0 Å². The number of nitrogens with one attached hydrogen (secondary N) is 1. The molecule has 1 aromatic carbocycles. The summed E-state index contributed by atoms with van der Waals surface area (Å²) in [7, 11) is 0. The summed E-state index contributed by atoms with van der Waals surface area (Å²) in [6.07, 6.45) is 2.60. The SMILES string of the molecule is CCN1CCCC1CN1CC(C(=O)N[C@H](Cc2ccccc2)C(=O)O)CC1=O. The molecule has 0 aromatic heterocycles. The van der Waals surface area contributed by atoms with Crippen molar-refractivity contribution in [1.82, 2.24) is 15.1 Å². The summed E-state index contributed by atoms with van der Waals surface area (Å²) in [6.45, 7) is 5.18. The van der Waals surface area contributed by atoms with Crippen molar-refractivity contribution < 1.29 is 19.5 Å². The molecule has 2 aliphatic heterocycles. The van der Waals surface area contributed by atoms with Crippen molar-refractivity contribution in [2.75, 3.05) is 26.2 Å². The first kappa shape index (κ1) is 20.3. The molecule has 0 spiro atoms. The summed E-state index contributed by atoms with van der Waals surface area (Å²) in [6, 6.07) is 8.58. The Morgan fingerprint density at radius 2 is 2.04 bits per heavy atom. The average Bonchev–Trinajstić information content (AvgIpc) is 3.28. The van der Waals surface area contributed by atoms with E-state index in [4.69, 9.17) is 0 Å². The van der Waals surface area contributed by atoms with E-state index in [0.717, 1.165) is 31.5 Å². The summed E-state index contributed by atoms with van der Waals surface area (Å²) in [5, 5.41) is 12.1. The highest BCUT2D eigenvalue weighted by atomic mass is 16.4. The van der Waals surface area contributed by atoms with E-state index < -0.39 is 17.9 Å². The number of carboxylic acid groups (broad SMARTS) is 1. The molecule has 2 fully saturated rings. The van der Waals surface area contributed by atoms with Gasteiger partial charge in [0.2, 0.25) is 11.8 Å². The molecule has 2 aliphatic rings. The summed E-state index contributed by atoms with van der Waals surface area (Å²) in [5.41, 5.74) is 0.847. The van der Waals surface area contributed by atoms with Gasteiger partial charge in [-0.1, -0.05) is 37.3 Å². The van der Waals surface area contributed by atoms with Crippen LogP contribution >= 0.6 is 0 Å². The number of amides is 2. The third-order valence-corrected chi connectivity index (χ3v) is 5.82. The average molecular weight is 387 g/mol. The predicted molar refractivity (Wildman–Crippen MR) is 105 cm³/mol. The van der Waals surface area contributed by atoms with Crippen LogP contribution in [0.25, 0.3) is 0 Å². The fourth-order valence-electron chi connectivity index (χ4n) is 4.24. The molecule has 0 radical (unpaired) electrons. The largest absolute Gasteiger partial charge is 0.480 e. The quantitative estimate of drug-likeness (QED) is 0.698. The Bertz CT molecular complexity index is 709. The van der Waals surface area contributed by atoms with E-state index in [1.54, 1.807) is 4.90 Å². The van der Waals surface area contributed by atoms with Gasteiger partial charge >= 0.3 is 5.97 Å². The van der Waals surface area contributed by atoms with Gasteiger partial charge < -0.3 is 15.3 Å². The zero-order chi connectivity index (χ0) is 20.1. The Labute approximate surface area is 165 Å². The molecule has 2 unspecified atom stereocenters. The zero-order valence-electron chi connectivity index (χ0n) is 16.3. The van der Waals surface area contributed by atoms with Crippen LogP contribution in [0.2, 0.25) is 0 Å². The maximum atomic E-state index is 12.6. The van der Waals surface area contributed by atoms with Crippen molar-refractivity contribution in [1.29, 1.82) is 0 Å². The summed E-state index contributed by atoms with van der Waals surface area (Å²) in [5.74, 6) is -1.92. The van der Waals surface area contributed by atoms with Gasteiger partial charge in [-0.15, -0.1) is 0 Å². The highest BCUT2D eigenvalue weighted by Crippen LogP contribution is 2.23. The Kier molecular flexibility index (Phi) is 6.67. The van der Waals surface area contributed by atoms with Crippen molar-refractivity contribution in [2.45, 2.75) is 44.7 Å². The predicted octanol–water partition coefficient (Wildman–Crippen LogP) is 1.13. The van der Waals surface area contributed by atoms with Gasteiger partial charge in [0.15, 0.2) is 0 Å². The minimum absolute atomic E-state index is 0.0157. The maximum Gasteiger partial charge on any atom is 0.326 e. The molecular weight excluding hydrogens is 358 g/mol. The number of aliphatic carboxylic acids is 1. The van der Waals surface area contributed by atoms with Crippen LogP contribution < -0.4 is 5.32 Å². The Balaban J connectivity index is 1.56. The van der Waals surface area contributed by atoms with Gasteiger partial charge in [-0.05, 0) is 31.5 Å². The van der Waals surface area contributed by atoms with E-state index in [0.29, 0.717) is 19.1 Å². The number of hydrogen-bond acceptors (Lipinski definition) is 4. The number of carboxylic acids is 1. The van der Waals surface area contributed by atoms with E-state index in [1.165, 1.54) is 0 Å². The van der Waals surface area contributed by atoms with Crippen molar-refractivity contribution in [3.8, 4) is 0 Å². The second kappa shape index (κ2) is 9.19. The van der Waals surface area contributed by atoms with Crippen molar-refractivity contribution in [2.24, 2.45) is 5.92 Å². The topological polar surface area (TPSA) is 89.9 Å². The molecule has 2 saturated heterocycles. The molecule has 2 N–H and O–H groups in total. The molecule has 7 nitrogen and oxygen atoms in total. The first-order valence-electron chi connectivity index (χ1n) is 10.1. The van der Waals surface area contributed by atoms with Gasteiger partial charge in [0.25, 0.3) is 0 Å². The van der Waals surface area contributed by atoms with E-state index in [9.17, 15) is 19.5 Å². The van der Waals surface area contributed by atoms with Crippen LogP contribution in [0.15, 0.2) is 30.3 Å². The summed E-state index contributed by atoms with van der Waals surface area (Å²) >= 11 is 0. The Hall–Kier alpha value is -2.41. The number of likely N-dealkylation sites (tertiary alicyclic amines) is 2. The van der Waals surface area contributed by atoms with Crippen LogP contribution in [0, 0.1) is 5.92 Å². The lowest BCUT2D eigenvalue weighted by atomic mass is 10.0. The van der Waals surface area contributed by atoms with Gasteiger partial charge in [0.1, 0.15) is 6.04 Å². The molecule has 3 rings (SSSR count). The van der Waals surface area contributed by atoms with E-state index >= 15 is 0 Å². The van der Waals surface area contributed by atoms with E-state index in [-0.39, 0.29) is 24.7 Å². The summed E-state index contributed by atoms with van der Waals surface area (Å²) < 4.78 is 0. The number of carbonyl (C=O) groups excluding carboxylic acids is 2. The van der Waals surface area contributed by atoms with Crippen molar-refractivity contribution >= 4 is 17.8 Å². The van der Waals surface area contributed by atoms with E-state index in [2.05, 4.69) is 17.1 Å². The molecule has 152 valence electrons.